The van der Waals surface area contributed by atoms with Crippen LogP contribution in [0.5, 0.6) is 0 Å². The highest BCUT2D eigenvalue weighted by Crippen LogP contribution is 2.16. The van der Waals surface area contributed by atoms with E-state index in [1.807, 2.05) is 6.92 Å². The zero-order valence-electron chi connectivity index (χ0n) is 12.7. The molecule has 0 bridgehead atoms. The van der Waals surface area contributed by atoms with Crippen molar-refractivity contribution < 1.29 is 14.4 Å². The van der Waals surface area contributed by atoms with Gasteiger partial charge >= 0.3 is 0 Å². The third kappa shape index (κ3) is 5.40. The van der Waals surface area contributed by atoms with Crippen molar-refractivity contribution >= 4 is 23.4 Å². The normalized spacial score (nSPS) is 9.86. The molecule has 22 heavy (non-hydrogen) atoms. The molecular formula is C16H21N3O3. The molecule has 0 aliphatic carbocycles. The van der Waals surface area contributed by atoms with E-state index in [-0.39, 0.29) is 24.8 Å². The molecule has 0 heterocycles. The van der Waals surface area contributed by atoms with Gasteiger partial charge < -0.3 is 16.0 Å². The number of amides is 3. The number of carbonyl (C=O) groups excluding carboxylic acids is 3. The van der Waals surface area contributed by atoms with Gasteiger partial charge in [0.25, 0.3) is 0 Å². The minimum absolute atomic E-state index is 0.0842. The van der Waals surface area contributed by atoms with E-state index >= 15 is 0 Å². The maximum absolute atomic E-state index is 12.3. The fourth-order valence-electron chi connectivity index (χ4n) is 2.00. The highest BCUT2D eigenvalue weighted by molar-refractivity contribution is 5.99. The van der Waals surface area contributed by atoms with Gasteiger partial charge in [0.05, 0.1) is 13.0 Å². The summed E-state index contributed by atoms with van der Waals surface area (Å²) in [6, 6.07) is 7.01. The van der Waals surface area contributed by atoms with Crippen molar-refractivity contribution in [3.8, 4) is 0 Å². The number of benzene rings is 1. The number of nitrogens with two attached hydrogens (primary N) is 1. The Balaban J connectivity index is 2.87. The van der Waals surface area contributed by atoms with Crippen LogP contribution in [0.25, 0.3) is 0 Å². The summed E-state index contributed by atoms with van der Waals surface area (Å²) in [5.74, 6) is -1.10. The third-order valence-corrected chi connectivity index (χ3v) is 3.00. The molecule has 0 fully saturated rings. The molecule has 118 valence electrons. The van der Waals surface area contributed by atoms with Crippen LogP contribution in [0, 0.1) is 0 Å². The quantitative estimate of drug-likeness (QED) is 0.704. The second-order valence-corrected chi connectivity index (χ2v) is 4.81. The number of rotatable bonds is 8. The van der Waals surface area contributed by atoms with Crippen molar-refractivity contribution in [2.45, 2.75) is 19.8 Å². The average Bonchev–Trinajstić information content (AvgIpc) is 2.48. The van der Waals surface area contributed by atoms with E-state index in [0.29, 0.717) is 17.8 Å². The Morgan fingerprint density at radius 2 is 2.00 bits per heavy atom. The van der Waals surface area contributed by atoms with Crippen molar-refractivity contribution in [1.82, 2.24) is 4.90 Å². The molecule has 1 aromatic carbocycles. The van der Waals surface area contributed by atoms with Crippen molar-refractivity contribution in [3.05, 3.63) is 42.5 Å². The van der Waals surface area contributed by atoms with Crippen molar-refractivity contribution in [3.63, 3.8) is 0 Å². The van der Waals surface area contributed by atoms with Crippen LogP contribution >= 0.6 is 0 Å². The number of para-hydroxylation sites is 1. The predicted octanol–water partition coefficient (Wildman–Crippen LogP) is 1.08. The largest absolute Gasteiger partial charge is 0.368 e. The molecule has 0 aliphatic heterocycles. The van der Waals surface area contributed by atoms with E-state index in [9.17, 15) is 14.4 Å². The molecule has 0 aromatic heterocycles. The Morgan fingerprint density at radius 3 is 2.59 bits per heavy atom. The van der Waals surface area contributed by atoms with Crippen LogP contribution in [0.4, 0.5) is 5.69 Å². The van der Waals surface area contributed by atoms with Crippen LogP contribution in [-0.4, -0.2) is 35.7 Å². The van der Waals surface area contributed by atoms with E-state index in [1.165, 1.54) is 4.90 Å². The van der Waals surface area contributed by atoms with Crippen LogP contribution in [0.3, 0.4) is 0 Å². The second kappa shape index (κ2) is 8.61. The Hall–Kier alpha value is -2.63. The highest BCUT2D eigenvalue weighted by Gasteiger charge is 2.17. The van der Waals surface area contributed by atoms with Crippen LogP contribution in [0.15, 0.2) is 36.9 Å². The van der Waals surface area contributed by atoms with Gasteiger partial charge in [0.2, 0.25) is 17.7 Å². The summed E-state index contributed by atoms with van der Waals surface area (Å²) in [6.07, 6.45) is 1.98. The van der Waals surface area contributed by atoms with E-state index in [4.69, 9.17) is 5.73 Å². The van der Waals surface area contributed by atoms with Gasteiger partial charge in [-0.15, -0.1) is 0 Å². The van der Waals surface area contributed by atoms with Gasteiger partial charge in [0.15, 0.2) is 0 Å². The highest BCUT2D eigenvalue weighted by atomic mass is 16.2. The molecule has 0 saturated heterocycles. The van der Waals surface area contributed by atoms with Crippen LogP contribution in [0.2, 0.25) is 0 Å². The van der Waals surface area contributed by atoms with E-state index < -0.39 is 5.91 Å². The molecule has 0 aliphatic rings. The van der Waals surface area contributed by atoms with Crippen molar-refractivity contribution in [2.24, 2.45) is 5.73 Å². The Bertz CT molecular complexity index is 570. The predicted molar refractivity (Wildman–Crippen MR) is 85.0 cm³/mol. The summed E-state index contributed by atoms with van der Waals surface area (Å²) in [5.41, 5.74) is 6.39. The smallest absolute Gasteiger partial charge is 0.247 e. The number of anilines is 1. The average molecular weight is 303 g/mol. The zero-order chi connectivity index (χ0) is 16.5. The van der Waals surface area contributed by atoms with Gasteiger partial charge in [0, 0.05) is 12.2 Å². The van der Waals surface area contributed by atoms with Crippen molar-refractivity contribution in [2.75, 3.05) is 18.4 Å². The molecule has 0 spiro atoms. The maximum atomic E-state index is 12.3. The fraction of sp³-hybridized carbons (Fsp3) is 0.312. The number of carbonyl (C=O) groups is 3. The first-order valence-corrected chi connectivity index (χ1v) is 7.05. The summed E-state index contributed by atoms with van der Waals surface area (Å²) in [7, 11) is 0. The first kappa shape index (κ1) is 17.4. The molecule has 0 radical (unpaired) electrons. The summed E-state index contributed by atoms with van der Waals surface area (Å²) in [5, 5.41) is 2.66. The van der Waals surface area contributed by atoms with Crippen LogP contribution < -0.4 is 11.1 Å². The molecule has 3 N–H and O–H groups in total. The molecule has 6 nitrogen and oxygen atoms in total. The minimum Gasteiger partial charge on any atom is -0.368 e. The number of hydrogen-bond acceptors (Lipinski definition) is 3. The third-order valence-electron chi connectivity index (χ3n) is 3.00. The lowest BCUT2D eigenvalue weighted by Gasteiger charge is -2.21. The number of primary amides is 1. The Kier molecular flexibility index (Phi) is 6.82. The summed E-state index contributed by atoms with van der Waals surface area (Å²) >= 11 is 0. The standard InChI is InChI=1S/C16H21N3O3/c1-3-9-19(11-14(17)20)16(22)10-12-7-5-6-8-13(12)18-15(21)4-2/h4-8H,2-3,9-11H2,1H3,(H2,17,20)(H,18,21). The molecule has 3 amide bonds. The lowest BCUT2D eigenvalue weighted by molar-refractivity contribution is -0.134. The van der Waals surface area contributed by atoms with Gasteiger partial charge in [0.1, 0.15) is 0 Å². The van der Waals surface area contributed by atoms with Gasteiger partial charge in [-0.1, -0.05) is 31.7 Å². The molecule has 0 atom stereocenters. The molecule has 0 unspecified atom stereocenters. The summed E-state index contributed by atoms with van der Waals surface area (Å²) in [4.78, 5) is 36.2. The summed E-state index contributed by atoms with van der Waals surface area (Å²) in [6.45, 7) is 5.67. The molecular weight excluding hydrogens is 282 g/mol. The van der Waals surface area contributed by atoms with Gasteiger partial charge in [-0.25, -0.2) is 0 Å². The van der Waals surface area contributed by atoms with Gasteiger partial charge in [-0.05, 0) is 24.1 Å². The van der Waals surface area contributed by atoms with Crippen LogP contribution in [-0.2, 0) is 20.8 Å². The number of nitrogens with one attached hydrogen (secondary N) is 1. The van der Waals surface area contributed by atoms with E-state index in [0.717, 1.165) is 12.5 Å². The van der Waals surface area contributed by atoms with Gasteiger partial charge in [-0.2, -0.15) is 0 Å². The van der Waals surface area contributed by atoms with Crippen LogP contribution in [0.1, 0.15) is 18.9 Å². The van der Waals surface area contributed by atoms with E-state index in [1.54, 1.807) is 24.3 Å². The first-order chi connectivity index (χ1) is 10.5. The van der Waals surface area contributed by atoms with E-state index in [2.05, 4.69) is 11.9 Å². The number of nitrogens with zero attached hydrogens (tertiary/aromatic N) is 1. The molecule has 1 rings (SSSR count). The first-order valence-electron chi connectivity index (χ1n) is 7.05. The molecule has 1 aromatic rings. The van der Waals surface area contributed by atoms with Crippen molar-refractivity contribution in [1.29, 1.82) is 0 Å². The minimum atomic E-state index is -0.546. The SMILES string of the molecule is C=CC(=O)Nc1ccccc1CC(=O)N(CCC)CC(N)=O. The molecule has 0 saturated carbocycles. The Labute approximate surface area is 130 Å². The molecule has 6 heteroatoms. The van der Waals surface area contributed by atoms with Gasteiger partial charge in [-0.3, -0.25) is 14.4 Å². The Morgan fingerprint density at radius 1 is 1.32 bits per heavy atom. The summed E-state index contributed by atoms with van der Waals surface area (Å²) < 4.78 is 0. The number of hydrogen-bond donors (Lipinski definition) is 2. The monoisotopic (exact) mass is 303 g/mol. The maximum Gasteiger partial charge on any atom is 0.247 e. The second-order valence-electron chi connectivity index (χ2n) is 4.81. The lowest BCUT2D eigenvalue weighted by Crippen LogP contribution is -2.39. The lowest BCUT2D eigenvalue weighted by atomic mass is 10.1. The fourth-order valence-corrected chi connectivity index (χ4v) is 2.00. The zero-order valence-corrected chi connectivity index (χ0v) is 12.7. The topological polar surface area (TPSA) is 92.5 Å².